The Balaban J connectivity index is 2.24. The molecule has 5 heteroatoms. The van der Waals surface area contributed by atoms with Crippen LogP contribution in [0.2, 0.25) is 5.02 Å². The van der Waals surface area contributed by atoms with Crippen LogP contribution >= 0.6 is 11.6 Å². The molecule has 1 fully saturated rings. The highest BCUT2D eigenvalue weighted by molar-refractivity contribution is 6.33. The predicted molar refractivity (Wildman–Crippen MR) is 65.1 cm³/mol. The van der Waals surface area contributed by atoms with Crippen LogP contribution in [0, 0.1) is 6.92 Å². The van der Waals surface area contributed by atoms with Crippen molar-refractivity contribution in [1.29, 1.82) is 0 Å². The molecule has 2 rings (SSSR count). The Hall–Kier alpha value is -1.13. The third kappa shape index (κ3) is 2.42. The lowest BCUT2D eigenvalue weighted by atomic mass is 10.2. The molecule has 1 aromatic heterocycles. The van der Waals surface area contributed by atoms with Gasteiger partial charge in [-0.2, -0.15) is 0 Å². The number of nitrogens with zero attached hydrogens (tertiary/aromatic N) is 2. The molecule has 1 aliphatic rings. The number of aliphatic hydroxyl groups excluding tert-OH is 1. The lowest BCUT2D eigenvalue weighted by Crippen LogP contribution is -2.37. The van der Waals surface area contributed by atoms with Gasteiger partial charge in [-0.1, -0.05) is 11.6 Å². The highest BCUT2D eigenvalue weighted by Crippen LogP contribution is 2.23. The highest BCUT2D eigenvalue weighted by Gasteiger charge is 2.29. The van der Waals surface area contributed by atoms with Crippen LogP contribution < -0.4 is 0 Å². The summed E-state index contributed by atoms with van der Waals surface area (Å²) < 4.78 is 0. The number of aromatic nitrogens is 1. The van der Waals surface area contributed by atoms with Crippen LogP contribution in [0.25, 0.3) is 0 Å². The molecule has 0 radical (unpaired) electrons. The molecule has 1 saturated heterocycles. The Labute approximate surface area is 105 Å². The summed E-state index contributed by atoms with van der Waals surface area (Å²) in [7, 11) is 0. The number of hydrogen-bond donors (Lipinski definition) is 1. The van der Waals surface area contributed by atoms with Crippen molar-refractivity contribution in [1.82, 2.24) is 9.88 Å². The maximum Gasteiger partial charge on any atom is 0.257 e. The molecule has 0 spiro atoms. The molecule has 0 bridgehead atoms. The van der Waals surface area contributed by atoms with Crippen molar-refractivity contribution in [2.45, 2.75) is 25.8 Å². The number of amides is 1. The minimum absolute atomic E-state index is 0.00263. The molecule has 1 atom stereocenters. The van der Waals surface area contributed by atoms with E-state index in [-0.39, 0.29) is 18.6 Å². The first-order valence-corrected chi connectivity index (χ1v) is 6.05. The standard InChI is InChI=1S/C12H15ClN2O2/c1-8-5-11(13)10(6-14-8)12(17)15-4-2-3-9(15)7-16/h5-6,9,16H,2-4,7H2,1H3/t9-/m1/s1. The van der Waals surface area contributed by atoms with Crippen molar-refractivity contribution < 1.29 is 9.90 Å². The number of pyridine rings is 1. The molecule has 1 amide bonds. The second kappa shape index (κ2) is 5.02. The predicted octanol–water partition coefficient (Wildman–Crippen LogP) is 1.64. The summed E-state index contributed by atoms with van der Waals surface area (Å²) in [6.45, 7) is 2.50. The second-order valence-corrected chi connectivity index (χ2v) is 4.69. The molecule has 1 N–H and O–H groups in total. The van der Waals surface area contributed by atoms with Gasteiger partial charge in [-0.25, -0.2) is 0 Å². The fourth-order valence-electron chi connectivity index (χ4n) is 2.13. The van der Waals surface area contributed by atoms with Crippen LogP contribution in [0.4, 0.5) is 0 Å². The lowest BCUT2D eigenvalue weighted by Gasteiger charge is -2.23. The molecule has 1 aliphatic heterocycles. The molecule has 1 aromatic rings. The summed E-state index contributed by atoms with van der Waals surface area (Å²) in [4.78, 5) is 18.0. The Bertz CT molecular complexity index is 437. The minimum atomic E-state index is -0.140. The third-order valence-corrected chi connectivity index (χ3v) is 3.38. The summed E-state index contributed by atoms with van der Waals surface area (Å²) in [5.41, 5.74) is 1.20. The zero-order valence-corrected chi connectivity index (χ0v) is 10.4. The van der Waals surface area contributed by atoms with Gasteiger partial charge < -0.3 is 10.0 Å². The van der Waals surface area contributed by atoms with E-state index in [0.29, 0.717) is 17.1 Å². The SMILES string of the molecule is Cc1cc(Cl)c(C(=O)N2CCC[C@@H]2CO)cn1. The topological polar surface area (TPSA) is 53.4 Å². The quantitative estimate of drug-likeness (QED) is 0.873. The van der Waals surface area contributed by atoms with Crippen molar-refractivity contribution in [2.75, 3.05) is 13.2 Å². The van der Waals surface area contributed by atoms with E-state index in [1.54, 1.807) is 11.0 Å². The molecule has 17 heavy (non-hydrogen) atoms. The molecule has 2 heterocycles. The number of carbonyl (C=O) groups is 1. The number of rotatable bonds is 2. The van der Waals surface area contributed by atoms with Crippen LogP contribution in [-0.2, 0) is 0 Å². The van der Waals surface area contributed by atoms with Gasteiger partial charge in [-0.3, -0.25) is 9.78 Å². The minimum Gasteiger partial charge on any atom is -0.394 e. The van der Waals surface area contributed by atoms with E-state index in [4.69, 9.17) is 11.6 Å². The molecule has 0 aliphatic carbocycles. The fourth-order valence-corrected chi connectivity index (χ4v) is 2.42. The molecular formula is C12H15ClN2O2. The summed E-state index contributed by atoms with van der Waals surface area (Å²) >= 11 is 6.04. The van der Waals surface area contributed by atoms with Gasteiger partial charge in [0.15, 0.2) is 0 Å². The Morgan fingerprint density at radius 3 is 3.12 bits per heavy atom. The van der Waals surface area contributed by atoms with Crippen LogP contribution in [-0.4, -0.2) is 40.1 Å². The van der Waals surface area contributed by atoms with E-state index in [1.807, 2.05) is 6.92 Å². The third-order valence-electron chi connectivity index (χ3n) is 3.07. The first-order valence-electron chi connectivity index (χ1n) is 5.67. The van der Waals surface area contributed by atoms with Gasteiger partial charge >= 0.3 is 0 Å². The first kappa shape index (κ1) is 12.3. The smallest absolute Gasteiger partial charge is 0.257 e. The van der Waals surface area contributed by atoms with E-state index < -0.39 is 0 Å². The highest BCUT2D eigenvalue weighted by atomic mass is 35.5. The molecule has 0 aromatic carbocycles. The average molecular weight is 255 g/mol. The van der Waals surface area contributed by atoms with Crippen molar-refractivity contribution in [3.8, 4) is 0 Å². The molecular weight excluding hydrogens is 240 g/mol. The summed E-state index contributed by atoms with van der Waals surface area (Å²) in [6.07, 6.45) is 3.28. The number of aliphatic hydroxyl groups is 1. The maximum atomic E-state index is 12.2. The first-order chi connectivity index (χ1) is 8.13. The number of likely N-dealkylation sites (tertiary alicyclic amines) is 1. The average Bonchev–Trinajstić information content (AvgIpc) is 2.76. The monoisotopic (exact) mass is 254 g/mol. The molecule has 0 saturated carbocycles. The zero-order chi connectivity index (χ0) is 12.4. The van der Waals surface area contributed by atoms with E-state index in [1.165, 1.54) is 6.20 Å². The van der Waals surface area contributed by atoms with Crippen molar-refractivity contribution in [3.63, 3.8) is 0 Å². The van der Waals surface area contributed by atoms with Crippen LogP contribution in [0.3, 0.4) is 0 Å². The summed E-state index contributed by atoms with van der Waals surface area (Å²) in [5, 5.41) is 9.63. The zero-order valence-electron chi connectivity index (χ0n) is 9.69. The summed E-state index contributed by atoms with van der Waals surface area (Å²) in [6, 6.07) is 1.60. The van der Waals surface area contributed by atoms with Crippen molar-refractivity contribution in [3.05, 3.63) is 28.5 Å². The van der Waals surface area contributed by atoms with Crippen LogP contribution in [0.15, 0.2) is 12.3 Å². The number of carbonyl (C=O) groups excluding carboxylic acids is 1. The molecule has 92 valence electrons. The maximum absolute atomic E-state index is 12.2. The van der Waals surface area contributed by atoms with Crippen molar-refractivity contribution in [2.24, 2.45) is 0 Å². The van der Waals surface area contributed by atoms with Gasteiger partial charge in [0.1, 0.15) is 0 Å². The van der Waals surface area contributed by atoms with Gasteiger partial charge in [0.2, 0.25) is 0 Å². The number of aryl methyl sites for hydroxylation is 1. The van der Waals surface area contributed by atoms with E-state index in [0.717, 1.165) is 18.5 Å². The second-order valence-electron chi connectivity index (χ2n) is 4.28. The van der Waals surface area contributed by atoms with Gasteiger partial charge in [-0.15, -0.1) is 0 Å². The lowest BCUT2D eigenvalue weighted by molar-refractivity contribution is 0.0677. The van der Waals surface area contributed by atoms with Crippen LogP contribution in [0.1, 0.15) is 28.9 Å². The molecule has 0 unspecified atom stereocenters. The fraction of sp³-hybridized carbons (Fsp3) is 0.500. The van der Waals surface area contributed by atoms with Gasteiger partial charge in [0.25, 0.3) is 5.91 Å². The van der Waals surface area contributed by atoms with E-state index >= 15 is 0 Å². The Morgan fingerprint density at radius 2 is 2.47 bits per heavy atom. The Morgan fingerprint density at radius 1 is 1.71 bits per heavy atom. The Kier molecular flexibility index (Phi) is 3.64. The number of hydrogen-bond acceptors (Lipinski definition) is 3. The largest absolute Gasteiger partial charge is 0.394 e. The van der Waals surface area contributed by atoms with E-state index in [2.05, 4.69) is 4.98 Å². The van der Waals surface area contributed by atoms with Crippen LogP contribution in [0.5, 0.6) is 0 Å². The number of halogens is 1. The normalized spacial score (nSPS) is 19.7. The van der Waals surface area contributed by atoms with Crippen molar-refractivity contribution >= 4 is 17.5 Å². The summed E-state index contributed by atoms with van der Waals surface area (Å²) in [5.74, 6) is -0.140. The molecule has 4 nitrogen and oxygen atoms in total. The van der Waals surface area contributed by atoms with Gasteiger partial charge in [-0.05, 0) is 25.8 Å². The van der Waals surface area contributed by atoms with E-state index in [9.17, 15) is 9.90 Å². The van der Waals surface area contributed by atoms with Gasteiger partial charge in [0, 0.05) is 18.4 Å². The van der Waals surface area contributed by atoms with Gasteiger partial charge in [0.05, 0.1) is 23.2 Å².